The molecule has 0 unspecified atom stereocenters. The summed E-state index contributed by atoms with van der Waals surface area (Å²) < 4.78 is 13.1. The highest BCUT2D eigenvalue weighted by Gasteiger charge is 2.18. The Hall–Kier alpha value is -3.48. The summed E-state index contributed by atoms with van der Waals surface area (Å²) in [5.41, 5.74) is 0.515. The highest BCUT2D eigenvalue weighted by atomic mass is 79.9. The quantitative estimate of drug-likeness (QED) is 0.290. The number of nitriles is 1. The molecule has 8 nitrogen and oxygen atoms in total. The Balaban J connectivity index is 2.08. The van der Waals surface area contributed by atoms with Gasteiger partial charge in [-0.1, -0.05) is 22.0 Å². The van der Waals surface area contributed by atoms with Crippen LogP contribution in [0.25, 0.3) is 11.7 Å². The Morgan fingerprint density at radius 1 is 1.31 bits per heavy atom. The first-order chi connectivity index (χ1) is 15.4. The summed E-state index contributed by atoms with van der Waals surface area (Å²) in [5.74, 6) is -0.131. The fraction of sp³-hybridized carbons (Fsp3) is 0.217. The van der Waals surface area contributed by atoms with Gasteiger partial charge in [0.2, 0.25) is 5.88 Å². The minimum Gasteiger partial charge on any atom is -0.438 e. The normalized spacial score (nSPS) is 11.2. The van der Waals surface area contributed by atoms with E-state index in [0.717, 1.165) is 10.0 Å². The van der Waals surface area contributed by atoms with Crippen LogP contribution in [0.4, 0.5) is 0 Å². The molecule has 0 radical (unpaired) electrons. The number of nitrogens with zero attached hydrogens (tertiary/aromatic N) is 3. The predicted octanol–water partition coefficient (Wildman–Crippen LogP) is 3.62. The molecule has 0 aliphatic rings. The number of rotatable bonds is 8. The first-order valence-electron chi connectivity index (χ1n) is 9.79. The number of methoxy groups -OCH3 is 1. The Bertz CT molecular complexity index is 1260. The predicted molar refractivity (Wildman–Crippen MR) is 124 cm³/mol. The fourth-order valence-corrected chi connectivity index (χ4v) is 3.18. The Morgan fingerprint density at radius 3 is 2.75 bits per heavy atom. The second-order valence-corrected chi connectivity index (χ2v) is 7.76. The maximum Gasteiger partial charge on any atom is 0.269 e. The van der Waals surface area contributed by atoms with E-state index in [4.69, 9.17) is 9.47 Å². The smallest absolute Gasteiger partial charge is 0.269 e. The van der Waals surface area contributed by atoms with E-state index in [-0.39, 0.29) is 17.0 Å². The topological polar surface area (TPSA) is 106 Å². The monoisotopic (exact) mass is 496 g/mol. The lowest BCUT2D eigenvalue weighted by molar-refractivity contribution is -0.117. The van der Waals surface area contributed by atoms with Crippen molar-refractivity contribution in [1.82, 2.24) is 14.7 Å². The molecule has 3 rings (SSSR count). The van der Waals surface area contributed by atoms with E-state index in [9.17, 15) is 14.9 Å². The van der Waals surface area contributed by atoms with Crippen LogP contribution in [0.3, 0.4) is 0 Å². The minimum atomic E-state index is -0.591. The van der Waals surface area contributed by atoms with Crippen molar-refractivity contribution in [1.29, 1.82) is 5.26 Å². The number of pyridine rings is 1. The van der Waals surface area contributed by atoms with Crippen LogP contribution in [-0.4, -0.2) is 35.6 Å². The fourth-order valence-electron chi connectivity index (χ4n) is 2.91. The van der Waals surface area contributed by atoms with Crippen LogP contribution in [0, 0.1) is 18.3 Å². The van der Waals surface area contributed by atoms with Crippen LogP contribution < -0.4 is 15.6 Å². The number of hydrogen-bond donors (Lipinski definition) is 1. The summed E-state index contributed by atoms with van der Waals surface area (Å²) in [6.07, 6.45) is 3.39. The molecule has 0 saturated heterocycles. The summed E-state index contributed by atoms with van der Waals surface area (Å²) >= 11 is 3.37. The van der Waals surface area contributed by atoms with Gasteiger partial charge in [-0.15, -0.1) is 0 Å². The maximum atomic E-state index is 13.3. The molecule has 1 aromatic carbocycles. The van der Waals surface area contributed by atoms with E-state index in [2.05, 4.69) is 26.2 Å². The van der Waals surface area contributed by atoms with Crippen LogP contribution in [0.1, 0.15) is 17.5 Å². The second kappa shape index (κ2) is 10.7. The molecule has 1 N–H and O–H groups in total. The second-order valence-electron chi connectivity index (χ2n) is 6.85. The van der Waals surface area contributed by atoms with E-state index in [1.807, 2.05) is 19.1 Å². The molecule has 0 spiro atoms. The van der Waals surface area contributed by atoms with Gasteiger partial charge in [0.15, 0.2) is 0 Å². The molecule has 3 aromatic rings. The summed E-state index contributed by atoms with van der Waals surface area (Å²) in [4.78, 5) is 30.2. The number of aryl methyl sites for hydroxylation is 1. The van der Waals surface area contributed by atoms with Crippen molar-refractivity contribution in [3.05, 3.63) is 74.1 Å². The van der Waals surface area contributed by atoms with Crippen molar-refractivity contribution in [2.24, 2.45) is 0 Å². The molecule has 32 heavy (non-hydrogen) atoms. The molecular weight excluding hydrogens is 476 g/mol. The molecule has 0 aliphatic carbocycles. The van der Waals surface area contributed by atoms with Gasteiger partial charge in [-0.25, -0.2) is 0 Å². The third-order valence-electron chi connectivity index (χ3n) is 4.54. The number of carbonyl (C=O) groups excluding carboxylic acids is 1. The van der Waals surface area contributed by atoms with Crippen molar-refractivity contribution < 1.29 is 14.3 Å². The molecule has 1 amide bonds. The number of ether oxygens (including phenoxy) is 2. The van der Waals surface area contributed by atoms with Crippen LogP contribution in [0.15, 0.2) is 57.4 Å². The van der Waals surface area contributed by atoms with Gasteiger partial charge < -0.3 is 14.8 Å². The van der Waals surface area contributed by atoms with Gasteiger partial charge in [-0.3, -0.25) is 14.0 Å². The highest BCUT2D eigenvalue weighted by molar-refractivity contribution is 9.10. The summed E-state index contributed by atoms with van der Waals surface area (Å²) in [6.45, 7) is 2.64. The number of halogens is 1. The highest BCUT2D eigenvalue weighted by Crippen LogP contribution is 2.26. The van der Waals surface area contributed by atoms with Gasteiger partial charge in [0.05, 0.1) is 0 Å². The molecule has 2 aromatic heterocycles. The van der Waals surface area contributed by atoms with Crippen molar-refractivity contribution in [2.75, 3.05) is 20.3 Å². The first kappa shape index (κ1) is 23.2. The van der Waals surface area contributed by atoms with E-state index in [1.54, 1.807) is 43.6 Å². The third kappa shape index (κ3) is 5.41. The molecule has 0 saturated carbocycles. The molecule has 0 aliphatic heterocycles. The molecule has 164 valence electrons. The van der Waals surface area contributed by atoms with Crippen LogP contribution in [-0.2, 0) is 9.53 Å². The Labute approximate surface area is 193 Å². The zero-order valence-corrected chi connectivity index (χ0v) is 19.2. The molecule has 9 heteroatoms. The van der Waals surface area contributed by atoms with Crippen molar-refractivity contribution in [2.45, 2.75) is 13.3 Å². The molecule has 0 bridgehead atoms. The van der Waals surface area contributed by atoms with Crippen molar-refractivity contribution in [3.63, 3.8) is 0 Å². The van der Waals surface area contributed by atoms with E-state index >= 15 is 0 Å². The van der Waals surface area contributed by atoms with Crippen molar-refractivity contribution >= 4 is 33.6 Å². The number of hydrogen-bond acceptors (Lipinski definition) is 6. The lowest BCUT2D eigenvalue weighted by atomic mass is 10.1. The van der Waals surface area contributed by atoms with Gasteiger partial charge in [0.25, 0.3) is 11.5 Å². The van der Waals surface area contributed by atoms with Gasteiger partial charge >= 0.3 is 0 Å². The molecule has 0 fully saturated rings. The number of carbonyl (C=O) groups is 1. The largest absolute Gasteiger partial charge is 0.438 e. The minimum absolute atomic E-state index is 0.000361. The lowest BCUT2D eigenvalue weighted by Crippen LogP contribution is -2.27. The first-order valence-corrected chi connectivity index (χ1v) is 10.6. The third-order valence-corrected chi connectivity index (χ3v) is 5.07. The van der Waals surface area contributed by atoms with E-state index < -0.39 is 11.5 Å². The zero-order valence-electron chi connectivity index (χ0n) is 17.6. The SMILES string of the molecule is COCCCNC(=O)C(C#N)=Cc1c(Oc2ccc(Br)cc2)nc2c(C)cccn2c1=O. The standard InChI is InChI=1S/C23H21BrN4O4/c1-15-5-3-11-28-20(15)27-22(32-18-8-6-17(24)7-9-18)19(23(28)30)13-16(14-25)21(29)26-10-4-12-31-2/h3,5-9,11,13H,4,10,12H2,1-2H3,(H,26,29). The average molecular weight is 497 g/mol. The van der Waals surface area contributed by atoms with Crippen LogP contribution in [0.5, 0.6) is 11.6 Å². The number of benzene rings is 1. The molecular formula is C23H21BrN4O4. The maximum absolute atomic E-state index is 13.3. The van der Waals surface area contributed by atoms with Gasteiger partial charge in [0.1, 0.15) is 28.6 Å². The number of aromatic nitrogens is 2. The lowest BCUT2D eigenvalue weighted by Gasteiger charge is -2.11. The zero-order chi connectivity index (χ0) is 23.1. The van der Waals surface area contributed by atoms with Gasteiger partial charge in [0, 0.05) is 30.9 Å². The molecule has 2 heterocycles. The Kier molecular flexibility index (Phi) is 7.76. The average Bonchev–Trinajstić information content (AvgIpc) is 2.79. The van der Waals surface area contributed by atoms with Gasteiger partial charge in [-0.2, -0.15) is 10.2 Å². The Morgan fingerprint density at radius 2 is 2.06 bits per heavy atom. The molecule has 0 atom stereocenters. The van der Waals surface area contributed by atoms with E-state index in [0.29, 0.717) is 31.0 Å². The summed E-state index contributed by atoms with van der Waals surface area (Å²) in [6, 6.07) is 12.4. The van der Waals surface area contributed by atoms with Crippen LogP contribution >= 0.6 is 15.9 Å². The summed E-state index contributed by atoms with van der Waals surface area (Å²) in [7, 11) is 1.57. The summed E-state index contributed by atoms with van der Waals surface area (Å²) in [5, 5.41) is 12.2. The van der Waals surface area contributed by atoms with Gasteiger partial charge in [-0.05, 0) is 55.3 Å². The number of amides is 1. The van der Waals surface area contributed by atoms with Crippen molar-refractivity contribution in [3.8, 4) is 17.7 Å². The van der Waals surface area contributed by atoms with E-state index in [1.165, 1.54) is 10.5 Å². The van der Waals surface area contributed by atoms with Crippen LogP contribution in [0.2, 0.25) is 0 Å². The number of nitrogens with one attached hydrogen (secondary N) is 1. The number of fused-ring (bicyclic) bond motifs is 1.